The first-order valence-corrected chi connectivity index (χ1v) is 1.40. The van der Waals surface area contributed by atoms with Crippen LogP contribution < -0.4 is 0 Å². The highest BCUT2D eigenvalue weighted by Crippen LogP contribution is 1.72. The first-order chi connectivity index (χ1) is 2.50. The Kier molecular flexibility index (Phi) is 0.499. The molecule has 0 radical (unpaired) electrons. The molecule has 0 aromatic heterocycles. The van der Waals surface area contributed by atoms with Gasteiger partial charge in [0.1, 0.15) is 0 Å². The van der Waals surface area contributed by atoms with Crippen molar-refractivity contribution in [3.05, 3.63) is 0 Å². The zero-order chi connectivity index (χ0) is 3.54. The van der Waals surface area contributed by atoms with Gasteiger partial charge in [-0.3, -0.25) is 6.21 Å². The van der Waals surface area contributed by atoms with Crippen LogP contribution in [0.4, 0.5) is 0 Å². The molecule has 5 heavy (non-hydrogen) atoms. The van der Waals surface area contributed by atoms with Crippen LogP contribution in [0.5, 0.6) is 0 Å². The van der Waals surface area contributed by atoms with Gasteiger partial charge in [-0.15, -0.1) is 4.53 Å². The summed E-state index contributed by atoms with van der Waals surface area (Å²) in [5.41, 5.74) is 0. The summed E-state index contributed by atoms with van der Waals surface area (Å²) in [5, 5.41) is 3.28. The fourth-order valence-corrected chi connectivity index (χ4v) is 0.186. The average molecular weight is 69.1 g/mol. The maximum atomic E-state index is 4.33. The van der Waals surface area contributed by atoms with Crippen LogP contribution in [-0.2, 0) is 4.53 Å². The van der Waals surface area contributed by atoms with Gasteiger partial charge < -0.3 is 0 Å². The summed E-state index contributed by atoms with van der Waals surface area (Å²) < 4.78 is 4.33. The second-order valence-corrected chi connectivity index (χ2v) is 0.726. The molecule has 0 unspecified atom stereocenters. The summed E-state index contributed by atoms with van der Waals surface area (Å²) >= 11 is 0. The minimum atomic E-state index is 0.736. The molecule has 0 amide bonds. The van der Waals surface area contributed by atoms with E-state index in [4.69, 9.17) is 0 Å². The van der Waals surface area contributed by atoms with Gasteiger partial charge in [0.05, 0.1) is 0 Å². The summed E-state index contributed by atoms with van der Waals surface area (Å²) in [6.45, 7) is 0. The van der Waals surface area contributed by atoms with E-state index in [1.54, 1.807) is 6.29 Å². The van der Waals surface area contributed by atoms with E-state index >= 15 is 0 Å². The fraction of sp³-hybridized carbons (Fsp3) is 0.333. The normalized spacial score (nSPS) is 17.6. The fourth-order valence-electron chi connectivity index (χ4n) is 0.186. The molecule has 2 nitrogen and oxygen atoms in total. The zero-order valence-corrected chi connectivity index (χ0v) is 2.64. The van der Waals surface area contributed by atoms with E-state index in [-0.39, 0.29) is 0 Å². The van der Waals surface area contributed by atoms with E-state index in [1.807, 2.05) is 0 Å². The van der Waals surface area contributed by atoms with Gasteiger partial charge in [0.2, 0.25) is 0 Å². The molecule has 1 heterocycles. The van der Waals surface area contributed by atoms with Crippen molar-refractivity contribution >= 4 is 12.5 Å². The molecule has 0 atom stereocenters. The topological polar surface area (TPSA) is 23.7 Å². The van der Waals surface area contributed by atoms with Crippen molar-refractivity contribution in [2.45, 2.75) is 6.42 Å². The molecule has 0 aromatic rings. The molecule has 0 aliphatic carbocycles. The molecule has 2 heteroatoms. The lowest BCUT2D eigenvalue weighted by Gasteiger charge is -1.60. The van der Waals surface area contributed by atoms with Gasteiger partial charge in [-0.2, -0.15) is 0 Å². The third-order valence-corrected chi connectivity index (χ3v) is 0.366. The highest BCUT2D eigenvalue weighted by Gasteiger charge is 1.76. The molecule has 0 bridgehead atoms. The van der Waals surface area contributed by atoms with Crippen molar-refractivity contribution < 1.29 is 4.53 Å². The maximum Gasteiger partial charge on any atom is 0.310 e. The summed E-state index contributed by atoms with van der Waals surface area (Å²) in [6, 6.07) is 0. The third-order valence-electron chi connectivity index (χ3n) is 0.366. The second kappa shape index (κ2) is 0.971. The lowest BCUT2D eigenvalue weighted by atomic mass is 10.5. The SMILES string of the molecule is [C-]1=N[O+]=CC1. The Morgan fingerprint density at radius 3 is 3.20 bits per heavy atom. The Hall–Kier alpha value is -0.660. The molecule has 1 rings (SSSR count). The second-order valence-electron chi connectivity index (χ2n) is 0.726. The number of aldehydes is 1. The van der Waals surface area contributed by atoms with Crippen LogP contribution in [0.15, 0.2) is 5.16 Å². The first kappa shape index (κ1) is 2.57. The van der Waals surface area contributed by atoms with Crippen molar-refractivity contribution in [2.24, 2.45) is 5.16 Å². The van der Waals surface area contributed by atoms with Gasteiger partial charge in [0.25, 0.3) is 0 Å². The summed E-state index contributed by atoms with van der Waals surface area (Å²) in [5.74, 6) is 0. The number of hydrogen-bond acceptors (Lipinski definition) is 1. The van der Waals surface area contributed by atoms with Crippen molar-refractivity contribution in [1.82, 2.24) is 0 Å². The molecule has 0 saturated heterocycles. The molecular formula is C3H3NO. The van der Waals surface area contributed by atoms with Crippen molar-refractivity contribution in [1.29, 1.82) is 0 Å². The van der Waals surface area contributed by atoms with Crippen LogP contribution in [-0.4, -0.2) is 12.5 Å². The van der Waals surface area contributed by atoms with Crippen LogP contribution in [0.2, 0.25) is 0 Å². The number of carbonyl (C=O) groups excluding carboxylic acids is 1. The Morgan fingerprint density at radius 2 is 3.00 bits per heavy atom. The van der Waals surface area contributed by atoms with Crippen molar-refractivity contribution in [2.75, 3.05) is 0 Å². The van der Waals surface area contributed by atoms with Gasteiger partial charge in [0, 0.05) is 0 Å². The Labute approximate surface area is 29.8 Å². The minimum absolute atomic E-state index is 0.736. The molecule has 0 spiro atoms. The lowest BCUT2D eigenvalue weighted by molar-refractivity contribution is -0.453. The van der Waals surface area contributed by atoms with E-state index in [1.165, 1.54) is 0 Å². The quantitative estimate of drug-likeness (QED) is 0.217. The largest absolute Gasteiger partial charge is 0.310 e. The van der Waals surface area contributed by atoms with Crippen LogP contribution in [0, 0.1) is 0 Å². The average Bonchev–Trinajstić information content (AvgIpc) is 1.76. The third kappa shape index (κ3) is 0.318. The van der Waals surface area contributed by atoms with E-state index in [0.717, 1.165) is 6.42 Å². The predicted octanol–water partition coefficient (Wildman–Crippen LogP) is -0.0125. The van der Waals surface area contributed by atoms with Gasteiger partial charge >= 0.3 is 6.29 Å². The van der Waals surface area contributed by atoms with Gasteiger partial charge in [-0.05, 0) is 6.42 Å². The van der Waals surface area contributed by atoms with E-state index in [9.17, 15) is 0 Å². The Balaban J connectivity index is 2.61. The summed E-state index contributed by atoms with van der Waals surface area (Å²) in [7, 11) is 0. The van der Waals surface area contributed by atoms with Crippen LogP contribution in [0.3, 0.4) is 0 Å². The highest BCUT2D eigenvalue weighted by molar-refractivity contribution is 5.77. The van der Waals surface area contributed by atoms with Crippen LogP contribution in [0.25, 0.3) is 0 Å². The standard InChI is InChI=1S/C3H3NO/c1-2-4-5-3-1/h3H,1H2. The summed E-state index contributed by atoms with van der Waals surface area (Å²) in [4.78, 5) is 0. The monoisotopic (exact) mass is 69.0 g/mol. The Morgan fingerprint density at radius 1 is 2.00 bits per heavy atom. The maximum absolute atomic E-state index is 4.33. The zero-order valence-electron chi connectivity index (χ0n) is 2.64. The molecule has 1 aliphatic heterocycles. The smallest absolute Gasteiger partial charge is 0.271 e. The number of hydrogen-bond donors (Lipinski definition) is 0. The number of nitrogens with zero attached hydrogens (tertiary/aromatic N) is 1. The molecule has 26 valence electrons. The van der Waals surface area contributed by atoms with E-state index in [2.05, 4.69) is 15.9 Å². The lowest BCUT2D eigenvalue weighted by Crippen LogP contribution is -1.61. The molecule has 0 N–H and O–H groups in total. The minimum Gasteiger partial charge on any atom is -0.271 e. The summed E-state index contributed by atoms with van der Waals surface area (Å²) in [6.07, 6.45) is 4.89. The number of rotatable bonds is 0. The molecule has 0 saturated carbocycles. The molecular weight excluding hydrogens is 66.0 g/mol. The van der Waals surface area contributed by atoms with Gasteiger partial charge in [-0.25, -0.2) is 0 Å². The molecule has 1 aliphatic rings. The predicted molar refractivity (Wildman–Crippen MR) is 18.1 cm³/mol. The van der Waals surface area contributed by atoms with E-state index in [0.29, 0.717) is 0 Å². The van der Waals surface area contributed by atoms with Gasteiger partial charge in [0.15, 0.2) is 0 Å². The van der Waals surface area contributed by atoms with Crippen LogP contribution in [0.1, 0.15) is 6.42 Å². The van der Waals surface area contributed by atoms with Crippen molar-refractivity contribution in [3.63, 3.8) is 0 Å². The molecule has 0 fully saturated rings. The van der Waals surface area contributed by atoms with E-state index < -0.39 is 0 Å². The van der Waals surface area contributed by atoms with Crippen LogP contribution >= 0.6 is 0 Å². The van der Waals surface area contributed by atoms with Crippen molar-refractivity contribution in [3.8, 4) is 0 Å². The van der Waals surface area contributed by atoms with Gasteiger partial charge in [-0.1, -0.05) is 5.16 Å². The molecule has 0 aromatic carbocycles. The Bertz CT molecular complexity index is 65.0. The first-order valence-electron chi connectivity index (χ1n) is 1.40. The highest BCUT2D eigenvalue weighted by atomic mass is 16.5.